The van der Waals surface area contributed by atoms with Gasteiger partial charge in [0.25, 0.3) is 0 Å². The molecule has 3 rings (SSSR count). The summed E-state index contributed by atoms with van der Waals surface area (Å²) in [5.41, 5.74) is 2.45. The summed E-state index contributed by atoms with van der Waals surface area (Å²) in [6.45, 7) is 0. The number of thiazole rings is 1. The quantitative estimate of drug-likeness (QED) is 0.855. The van der Waals surface area contributed by atoms with Gasteiger partial charge in [-0.05, 0) is 18.6 Å². The molecule has 0 radical (unpaired) electrons. The van der Waals surface area contributed by atoms with Crippen molar-refractivity contribution in [1.82, 2.24) is 4.98 Å². The first-order chi connectivity index (χ1) is 9.57. The fraction of sp³-hybridized carbons (Fsp3) is 0.286. The van der Waals surface area contributed by atoms with Crippen LogP contribution < -0.4 is 0 Å². The molecule has 0 spiro atoms. The molecule has 1 fully saturated rings. The molecule has 102 valence electrons. The summed E-state index contributed by atoms with van der Waals surface area (Å²) >= 11 is 1.51. The topological polar surface area (TPSA) is 70.8 Å². The highest BCUT2D eigenvalue weighted by atomic mass is 32.2. The molecular weight excluding hydrogens is 292 g/mol. The van der Waals surface area contributed by atoms with Gasteiger partial charge in [0.05, 0.1) is 28.8 Å². The van der Waals surface area contributed by atoms with Crippen molar-refractivity contribution in [2.45, 2.75) is 12.3 Å². The normalized spacial score (nSPS) is 20.6. The van der Waals surface area contributed by atoms with E-state index >= 15 is 0 Å². The van der Waals surface area contributed by atoms with Gasteiger partial charge in [0.15, 0.2) is 9.84 Å². The monoisotopic (exact) mass is 304 g/mol. The SMILES string of the molecule is N#Cc1ccc(-c2nc(C3CCS(=O)(=O)C3)cs2)cc1. The van der Waals surface area contributed by atoms with Crippen LogP contribution >= 0.6 is 11.3 Å². The molecule has 0 bridgehead atoms. The van der Waals surface area contributed by atoms with E-state index in [4.69, 9.17) is 5.26 Å². The summed E-state index contributed by atoms with van der Waals surface area (Å²) in [5, 5.41) is 11.6. The lowest BCUT2D eigenvalue weighted by Gasteiger charge is -2.02. The second-order valence-electron chi connectivity index (χ2n) is 4.87. The summed E-state index contributed by atoms with van der Waals surface area (Å²) in [6.07, 6.45) is 0.666. The van der Waals surface area contributed by atoms with Gasteiger partial charge in [0.2, 0.25) is 0 Å². The summed E-state index contributed by atoms with van der Waals surface area (Å²) < 4.78 is 23.0. The zero-order valence-electron chi connectivity index (χ0n) is 10.6. The summed E-state index contributed by atoms with van der Waals surface area (Å²) in [6, 6.07) is 9.34. The number of hydrogen-bond acceptors (Lipinski definition) is 5. The standard InChI is InChI=1S/C14H12N2O2S2/c15-7-10-1-3-11(4-2-10)14-16-13(8-19-14)12-5-6-20(17,18)9-12/h1-4,8,12H,5-6,9H2. The lowest BCUT2D eigenvalue weighted by Crippen LogP contribution is -2.03. The molecule has 1 saturated heterocycles. The van der Waals surface area contributed by atoms with E-state index in [1.807, 2.05) is 17.5 Å². The third-order valence-electron chi connectivity index (χ3n) is 3.43. The molecular formula is C14H12N2O2S2. The Morgan fingerprint density at radius 3 is 2.65 bits per heavy atom. The molecule has 1 aliphatic rings. The molecule has 1 unspecified atom stereocenters. The van der Waals surface area contributed by atoms with Crippen molar-refractivity contribution in [3.05, 3.63) is 40.9 Å². The molecule has 4 nitrogen and oxygen atoms in total. The van der Waals surface area contributed by atoms with Crippen LogP contribution in [0.4, 0.5) is 0 Å². The average molecular weight is 304 g/mol. The number of rotatable bonds is 2. The van der Waals surface area contributed by atoms with E-state index in [-0.39, 0.29) is 17.4 Å². The van der Waals surface area contributed by atoms with E-state index in [9.17, 15) is 8.42 Å². The lowest BCUT2D eigenvalue weighted by molar-refractivity contribution is 0.601. The number of hydrogen-bond donors (Lipinski definition) is 0. The molecule has 2 heterocycles. The van der Waals surface area contributed by atoms with Crippen molar-refractivity contribution < 1.29 is 8.42 Å². The number of sulfone groups is 1. The second kappa shape index (κ2) is 5.00. The van der Waals surface area contributed by atoms with Gasteiger partial charge < -0.3 is 0 Å². The molecule has 0 amide bonds. The van der Waals surface area contributed by atoms with Crippen molar-refractivity contribution >= 4 is 21.2 Å². The molecule has 1 aliphatic heterocycles. The number of aromatic nitrogens is 1. The fourth-order valence-electron chi connectivity index (χ4n) is 2.32. The lowest BCUT2D eigenvalue weighted by atomic mass is 10.1. The molecule has 2 aromatic rings. The summed E-state index contributed by atoms with van der Waals surface area (Å²) in [5.74, 6) is 0.508. The van der Waals surface area contributed by atoms with Crippen LogP contribution in [0.2, 0.25) is 0 Å². The van der Waals surface area contributed by atoms with Gasteiger partial charge in [-0.25, -0.2) is 13.4 Å². The first-order valence-electron chi connectivity index (χ1n) is 6.24. The van der Waals surface area contributed by atoms with Crippen molar-refractivity contribution in [3.8, 4) is 16.6 Å². The Kier molecular flexibility index (Phi) is 3.32. The van der Waals surface area contributed by atoms with Gasteiger partial charge >= 0.3 is 0 Å². The Morgan fingerprint density at radius 1 is 1.30 bits per heavy atom. The van der Waals surface area contributed by atoms with Gasteiger partial charge in [-0.2, -0.15) is 5.26 Å². The van der Waals surface area contributed by atoms with Crippen LogP contribution in [0.5, 0.6) is 0 Å². The third kappa shape index (κ3) is 2.60. The fourth-order valence-corrected chi connectivity index (χ4v) is 4.99. The van der Waals surface area contributed by atoms with Crippen LogP contribution in [-0.4, -0.2) is 24.9 Å². The molecule has 6 heteroatoms. The van der Waals surface area contributed by atoms with Crippen LogP contribution in [0.25, 0.3) is 10.6 Å². The third-order valence-corrected chi connectivity index (χ3v) is 6.11. The Bertz CT molecular complexity index is 770. The Labute approximate surface area is 121 Å². The number of nitrogens with zero attached hydrogens (tertiary/aromatic N) is 2. The van der Waals surface area contributed by atoms with Gasteiger partial charge in [-0.15, -0.1) is 11.3 Å². The van der Waals surface area contributed by atoms with Crippen LogP contribution in [0.3, 0.4) is 0 Å². The molecule has 0 saturated carbocycles. The minimum Gasteiger partial charge on any atom is -0.241 e. The minimum absolute atomic E-state index is 0.0309. The highest BCUT2D eigenvalue weighted by Gasteiger charge is 2.30. The first-order valence-corrected chi connectivity index (χ1v) is 8.94. The van der Waals surface area contributed by atoms with E-state index in [1.54, 1.807) is 12.1 Å². The summed E-state index contributed by atoms with van der Waals surface area (Å²) in [7, 11) is -2.88. The van der Waals surface area contributed by atoms with E-state index in [1.165, 1.54) is 11.3 Å². The second-order valence-corrected chi connectivity index (χ2v) is 7.95. The maximum absolute atomic E-state index is 11.5. The maximum atomic E-state index is 11.5. The molecule has 1 aromatic heterocycles. The average Bonchev–Trinajstić information content (AvgIpc) is 3.05. The zero-order valence-corrected chi connectivity index (χ0v) is 12.2. The highest BCUT2D eigenvalue weighted by molar-refractivity contribution is 7.91. The number of nitriles is 1. The Hall–Kier alpha value is -1.71. The van der Waals surface area contributed by atoms with Crippen LogP contribution in [0.15, 0.2) is 29.6 Å². The van der Waals surface area contributed by atoms with Crippen molar-refractivity contribution in [1.29, 1.82) is 5.26 Å². The van der Waals surface area contributed by atoms with E-state index in [0.717, 1.165) is 16.3 Å². The largest absolute Gasteiger partial charge is 0.241 e. The highest BCUT2D eigenvalue weighted by Crippen LogP contribution is 2.32. The molecule has 1 aromatic carbocycles. The Morgan fingerprint density at radius 2 is 2.05 bits per heavy atom. The summed E-state index contributed by atoms with van der Waals surface area (Å²) in [4.78, 5) is 4.55. The Balaban J connectivity index is 1.85. The molecule has 0 aliphatic carbocycles. The maximum Gasteiger partial charge on any atom is 0.151 e. The van der Waals surface area contributed by atoms with Crippen molar-refractivity contribution in [2.75, 3.05) is 11.5 Å². The predicted molar refractivity (Wildman–Crippen MR) is 78.3 cm³/mol. The van der Waals surface area contributed by atoms with Gasteiger partial charge in [0.1, 0.15) is 5.01 Å². The molecule has 1 atom stereocenters. The van der Waals surface area contributed by atoms with E-state index in [2.05, 4.69) is 11.1 Å². The van der Waals surface area contributed by atoms with Gasteiger partial charge in [-0.3, -0.25) is 0 Å². The zero-order chi connectivity index (χ0) is 14.2. The molecule has 0 N–H and O–H groups in total. The smallest absolute Gasteiger partial charge is 0.151 e. The van der Waals surface area contributed by atoms with Crippen molar-refractivity contribution in [3.63, 3.8) is 0 Å². The van der Waals surface area contributed by atoms with E-state index in [0.29, 0.717) is 12.0 Å². The molecule has 20 heavy (non-hydrogen) atoms. The number of benzene rings is 1. The van der Waals surface area contributed by atoms with Crippen molar-refractivity contribution in [2.24, 2.45) is 0 Å². The van der Waals surface area contributed by atoms with Crippen LogP contribution in [0, 0.1) is 11.3 Å². The van der Waals surface area contributed by atoms with E-state index < -0.39 is 9.84 Å². The minimum atomic E-state index is -2.88. The van der Waals surface area contributed by atoms with Gasteiger partial charge in [-0.1, -0.05) is 12.1 Å². The van der Waals surface area contributed by atoms with Gasteiger partial charge in [0, 0.05) is 16.9 Å². The van der Waals surface area contributed by atoms with Crippen LogP contribution in [-0.2, 0) is 9.84 Å². The predicted octanol–water partition coefficient (Wildman–Crippen LogP) is 2.58. The van der Waals surface area contributed by atoms with Crippen LogP contribution in [0.1, 0.15) is 23.6 Å². The first kappa shape index (κ1) is 13.3.